The van der Waals surface area contributed by atoms with Crippen LogP contribution in [0.25, 0.3) is 0 Å². The Morgan fingerprint density at radius 1 is 1.00 bits per heavy atom. The van der Waals surface area contributed by atoms with Crippen molar-refractivity contribution in [3.8, 4) is 0 Å². The van der Waals surface area contributed by atoms with Crippen LogP contribution in [0.5, 0.6) is 0 Å². The van der Waals surface area contributed by atoms with Crippen molar-refractivity contribution in [1.82, 2.24) is 15.0 Å². The minimum atomic E-state index is -0.301. The van der Waals surface area contributed by atoms with Gasteiger partial charge >= 0.3 is 0 Å². The highest BCUT2D eigenvalue weighted by Gasteiger charge is 2.10. The molecule has 0 radical (unpaired) electrons. The molecule has 14 heavy (non-hydrogen) atoms. The van der Waals surface area contributed by atoms with Gasteiger partial charge in [0, 0.05) is 18.6 Å². The van der Waals surface area contributed by atoms with Crippen molar-refractivity contribution >= 4 is 0 Å². The number of hydrogen-bond donors (Lipinski definition) is 1. The highest BCUT2D eigenvalue weighted by atomic mass is 14.8. The first-order chi connectivity index (χ1) is 6.88. The van der Waals surface area contributed by atoms with E-state index in [9.17, 15) is 0 Å². The molecule has 1 atom stereocenters. The van der Waals surface area contributed by atoms with Crippen molar-refractivity contribution in [2.75, 3.05) is 0 Å². The van der Waals surface area contributed by atoms with Gasteiger partial charge in [0.1, 0.15) is 0 Å². The van der Waals surface area contributed by atoms with Crippen molar-refractivity contribution in [1.29, 1.82) is 0 Å². The van der Waals surface area contributed by atoms with Gasteiger partial charge in [0.15, 0.2) is 0 Å². The molecule has 0 saturated carbocycles. The normalized spacial score (nSPS) is 12.4. The van der Waals surface area contributed by atoms with Gasteiger partial charge in [-0.15, -0.1) is 0 Å². The summed E-state index contributed by atoms with van der Waals surface area (Å²) in [7, 11) is 0. The number of nitrogens with two attached hydrogens (primary N) is 1. The van der Waals surface area contributed by atoms with Crippen LogP contribution in [0.4, 0.5) is 0 Å². The maximum absolute atomic E-state index is 5.95. The lowest BCUT2D eigenvalue weighted by Crippen LogP contribution is -2.14. The van der Waals surface area contributed by atoms with Gasteiger partial charge in [-0.1, -0.05) is 6.07 Å². The van der Waals surface area contributed by atoms with Gasteiger partial charge in [-0.05, 0) is 12.1 Å². The highest BCUT2D eigenvalue weighted by Crippen LogP contribution is 2.12. The molecule has 2 heterocycles. The van der Waals surface area contributed by atoms with E-state index in [2.05, 4.69) is 15.0 Å². The zero-order valence-electron chi connectivity index (χ0n) is 7.54. The second kappa shape index (κ2) is 3.93. The van der Waals surface area contributed by atoms with Crippen LogP contribution in [0.2, 0.25) is 0 Å². The molecule has 0 amide bonds. The Kier molecular flexibility index (Phi) is 2.46. The molecule has 0 fully saturated rings. The number of hydrogen-bond acceptors (Lipinski definition) is 4. The Balaban J connectivity index is 2.30. The Morgan fingerprint density at radius 2 is 1.86 bits per heavy atom. The van der Waals surface area contributed by atoms with Gasteiger partial charge in [0.05, 0.1) is 23.6 Å². The molecule has 0 bridgehead atoms. The monoisotopic (exact) mass is 186 g/mol. The summed E-state index contributed by atoms with van der Waals surface area (Å²) in [6.45, 7) is 0. The Bertz CT molecular complexity index is 348. The number of rotatable bonds is 2. The van der Waals surface area contributed by atoms with Gasteiger partial charge in [-0.25, -0.2) is 0 Å². The molecule has 2 aromatic heterocycles. The number of nitrogens with zero attached hydrogens (tertiary/aromatic N) is 3. The highest BCUT2D eigenvalue weighted by molar-refractivity contribution is 5.18. The van der Waals surface area contributed by atoms with E-state index in [-0.39, 0.29) is 6.04 Å². The molecule has 0 spiro atoms. The van der Waals surface area contributed by atoms with Crippen LogP contribution in [0.1, 0.15) is 17.4 Å². The molecule has 4 heteroatoms. The first-order valence-corrected chi connectivity index (χ1v) is 4.30. The summed E-state index contributed by atoms with van der Waals surface area (Å²) in [5, 5.41) is 0. The van der Waals surface area contributed by atoms with E-state index in [4.69, 9.17) is 5.73 Å². The first-order valence-electron chi connectivity index (χ1n) is 4.30. The molecule has 0 saturated heterocycles. The molecule has 2 rings (SSSR count). The van der Waals surface area contributed by atoms with Crippen molar-refractivity contribution < 1.29 is 0 Å². The summed E-state index contributed by atoms with van der Waals surface area (Å²) in [4.78, 5) is 12.3. The van der Waals surface area contributed by atoms with Crippen LogP contribution >= 0.6 is 0 Å². The molecule has 0 aromatic carbocycles. The van der Waals surface area contributed by atoms with Crippen molar-refractivity contribution in [3.05, 3.63) is 54.4 Å². The summed E-state index contributed by atoms with van der Waals surface area (Å²) >= 11 is 0. The zero-order valence-corrected chi connectivity index (χ0v) is 7.54. The minimum Gasteiger partial charge on any atom is -0.318 e. The molecule has 0 aliphatic rings. The maximum atomic E-state index is 5.95. The fourth-order valence-electron chi connectivity index (χ4n) is 1.18. The summed E-state index contributed by atoms with van der Waals surface area (Å²) in [5.74, 6) is 0. The van der Waals surface area contributed by atoms with Crippen molar-refractivity contribution in [2.45, 2.75) is 6.04 Å². The Hall–Kier alpha value is -1.81. The number of pyridine rings is 1. The second-order valence-corrected chi connectivity index (χ2v) is 2.86. The van der Waals surface area contributed by atoms with Crippen LogP contribution < -0.4 is 5.73 Å². The van der Waals surface area contributed by atoms with Gasteiger partial charge in [-0.3, -0.25) is 15.0 Å². The third-order valence-electron chi connectivity index (χ3n) is 1.91. The molecule has 0 aliphatic carbocycles. The largest absolute Gasteiger partial charge is 0.318 e. The van der Waals surface area contributed by atoms with Gasteiger partial charge < -0.3 is 5.73 Å². The standard InChI is InChI=1S/C10H10N4/c11-10(8-3-1-2-4-13-8)9-7-12-5-6-14-9/h1-7,10H,11H2. The van der Waals surface area contributed by atoms with E-state index in [1.165, 1.54) is 0 Å². The third-order valence-corrected chi connectivity index (χ3v) is 1.91. The Labute approximate surface area is 81.9 Å². The lowest BCUT2D eigenvalue weighted by atomic mass is 10.1. The van der Waals surface area contributed by atoms with Crippen LogP contribution in [0, 0.1) is 0 Å². The fraction of sp³-hybridized carbons (Fsp3) is 0.100. The SMILES string of the molecule is NC(c1ccccn1)c1cnccn1. The second-order valence-electron chi connectivity index (χ2n) is 2.86. The molecule has 4 nitrogen and oxygen atoms in total. The van der Waals surface area contributed by atoms with Crippen molar-refractivity contribution in [2.24, 2.45) is 5.73 Å². The van der Waals surface area contributed by atoms with Gasteiger partial charge in [0.2, 0.25) is 0 Å². The van der Waals surface area contributed by atoms with E-state index in [1.54, 1.807) is 24.8 Å². The average Bonchev–Trinajstić information content (AvgIpc) is 2.30. The van der Waals surface area contributed by atoms with E-state index < -0.39 is 0 Å². The summed E-state index contributed by atoms with van der Waals surface area (Å²) < 4.78 is 0. The first kappa shape index (κ1) is 8.77. The lowest BCUT2D eigenvalue weighted by molar-refractivity contribution is 0.786. The van der Waals surface area contributed by atoms with Crippen LogP contribution in [-0.4, -0.2) is 15.0 Å². The zero-order chi connectivity index (χ0) is 9.80. The lowest BCUT2D eigenvalue weighted by Gasteiger charge is -2.08. The maximum Gasteiger partial charge on any atom is 0.0915 e. The number of aromatic nitrogens is 3. The molecule has 0 aliphatic heterocycles. The Morgan fingerprint density at radius 3 is 2.50 bits per heavy atom. The predicted molar refractivity (Wildman–Crippen MR) is 52.3 cm³/mol. The summed E-state index contributed by atoms with van der Waals surface area (Å²) in [5.41, 5.74) is 7.48. The minimum absolute atomic E-state index is 0.301. The van der Waals surface area contributed by atoms with Crippen LogP contribution in [0.15, 0.2) is 43.0 Å². The fourth-order valence-corrected chi connectivity index (χ4v) is 1.18. The summed E-state index contributed by atoms with van der Waals surface area (Å²) in [6.07, 6.45) is 6.61. The van der Waals surface area contributed by atoms with E-state index in [0.717, 1.165) is 11.4 Å². The van der Waals surface area contributed by atoms with Gasteiger partial charge in [0.25, 0.3) is 0 Å². The van der Waals surface area contributed by atoms with E-state index >= 15 is 0 Å². The average molecular weight is 186 g/mol. The van der Waals surface area contributed by atoms with Crippen LogP contribution in [-0.2, 0) is 0 Å². The quantitative estimate of drug-likeness (QED) is 0.757. The predicted octanol–water partition coefficient (Wildman–Crippen LogP) is 0.920. The topological polar surface area (TPSA) is 64.7 Å². The molecule has 2 N–H and O–H groups in total. The smallest absolute Gasteiger partial charge is 0.0915 e. The van der Waals surface area contributed by atoms with Gasteiger partial charge in [-0.2, -0.15) is 0 Å². The van der Waals surface area contributed by atoms with E-state index in [1.807, 2.05) is 18.2 Å². The molecule has 2 aromatic rings. The molecular weight excluding hydrogens is 176 g/mol. The summed E-state index contributed by atoms with van der Waals surface area (Å²) in [6, 6.07) is 5.33. The molecule has 1 unspecified atom stereocenters. The molecule has 70 valence electrons. The van der Waals surface area contributed by atoms with E-state index in [0.29, 0.717) is 0 Å². The third kappa shape index (κ3) is 1.75. The van der Waals surface area contributed by atoms with Crippen LogP contribution in [0.3, 0.4) is 0 Å². The van der Waals surface area contributed by atoms with Crippen molar-refractivity contribution in [3.63, 3.8) is 0 Å². The molecular formula is C10H10N4.